The number of benzene rings is 2. The van der Waals surface area contributed by atoms with Gasteiger partial charge in [0.25, 0.3) is 5.91 Å². The van der Waals surface area contributed by atoms with Gasteiger partial charge in [0.1, 0.15) is 5.01 Å². The summed E-state index contributed by atoms with van der Waals surface area (Å²) in [5, 5.41) is 33.6. The van der Waals surface area contributed by atoms with Gasteiger partial charge in [0, 0.05) is 3.57 Å². The highest BCUT2D eigenvalue weighted by molar-refractivity contribution is 14.1. The second-order valence-corrected chi connectivity index (χ2v) is 7.88. The maximum atomic E-state index is 12.3. The van der Waals surface area contributed by atoms with E-state index >= 15 is 0 Å². The molecule has 0 unspecified atom stereocenters. The van der Waals surface area contributed by atoms with Crippen LogP contribution in [0.2, 0.25) is 0 Å². The smallest absolute Gasteiger partial charge is 0.258 e. The number of phenols is 2. The molecule has 0 fully saturated rings. The number of aromatic nitrogens is 2. The van der Waals surface area contributed by atoms with Gasteiger partial charge in [0.05, 0.1) is 18.2 Å². The Morgan fingerprint density at radius 1 is 1.14 bits per heavy atom. The number of halogens is 1. The van der Waals surface area contributed by atoms with Crippen molar-refractivity contribution in [2.45, 2.75) is 6.42 Å². The van der Waals surface area contributed by atoms with E-state index in [1.807, 2.05) is 12.1 Å². The number of phenolic OH excluding ortho intramolecular Hbond substituents is 2. The van der Waals surface area contributed by atoms with Gasteiger partial charge in [-0.05, 0) is 58.5 Å². The second-order valence-electron chi connectivity index (χ2n) is 5.65. The maximum absolute atomic E-state index is 12.3. The third kappa shape index (κ3) is 5.71. The Bertz CT molecular complexity index is 1090. The molecule has 0 radical (unpaired) electrons. The fourth-order valence-electron chi connectivity index (χ4n) is 2.16. The predicted octanol–water partition coefficient (Wildman–Crippen LogP) is 2.50. The molecule has 1 aromatic heterocycles. The van der Waals surface area contributed by atoms with Crippen molar-refractivity contribution < 1.29 is 19.8 Å². The molecule has 3 aromatic rings. The summed E-state index contributed by atoms with van der Waals surface area (Å²) >= 11 is 3.17. The lowest BCUT2D eigenvalue weighted by molar-refractivity contribution is -0.120. The summed E-state index contributed by atoms with van der Waals surface area (Å²) in [5.74, 6) is -1.25. The van der Waals surface area contributed by atoms with Gasteiger partial charge in [-0.15, -0.1) is 10.2 Å². The molecule has 9 nitrogen and oxygen atoms in total. The minimum absolute atomic E-state index is 0.0609. The van der Waals surface area contributed by atoms with E-state index in [9.17, 15) is 19.8 Å². The topological polar surface area (TPSA) is 137 Å². The SMILES string of the molecule is O=C(Cc1nnc(NC(=O)c2ccccc2I)s1)N/N=C\c1ccc(O)c(O)c1. The summed E-state index contributed by atoms with van der Waals surface area (Å²) in [6.45, 7) is 0. The van der Waals surface area contributed by atoms with Crippen LogP contribution >= 0.6 is 33.9 Å². The lowest BCUT2D eigenvalue weighted by atomic mass is 10.2. The summed E-state index contributed by atoms with van der Waals surface area (Å²) < 4.78 is 0.812. The number of rotatable bonds is 6. The average Bonchev–Trinajstić information content (AvgIpc) is 3.11. The van der Waals surface area contributed by atoms with Gasteiger partial charge in [0.2, 0.25) is 11.0 Å². The number of carbonyl (C=O) groups excluding carboxylic acids is 2. The van der Waals surface area contributed by atoms with E-state index in [-0.39, 0.29) is 23.8 Å². The van der Waals surface area contributed by atoms with Crippen molar-refractivity contribution in [3.63, 3.8) is 0 Å². The van der Waals surface area contributed by atoms with E-state index in [4.69, 9.17) is 0 Å². The Balaban J connectivity index is 1.53. The van der Waals surface area contributed by atoms with Crippen molar-refractivity contribution >= 4 is 57.1 Å². The van der Waals surface area contributed by atoms with Gasteiger partial charge < -0.3 is 10.2 Å². The predicted molar refractivity (Wildman–Crippen MR) is 116 cm³/mol. The first-order valence-electron chi connectivity index (χ1n) is 8.14. The largest absolute Gasteiger partial charge is 0.504 e. The van der Waals surface area contributed by atoms with Gasteiger partial charge >= 0.3 is 0 Å². The molecular weight excluding hydrogens is 509 g/mol. The molecule has 2 amide bonds. The van der Waals surface area contributed by atoms with Crippen LogP contribution in [0.3, 0.4) is 0 Å². The fraction of sp³-hybridized carbons (Fsp3) is 0.0556. The van der Waals surface area contributed by atoms with E-state index in [0.29, 0.717) is 21.3 Å². The summed E-state index contributed by atoms with van der Waals surface area (Å²) in [5.41, 5.74) is 3.36. The summed E-state index contributed by atoms with van der Waals surface area (Å²) in [6.07, 6.45) is 1.26. The van der Waals surface area contributed by atoms with Crippen LogP contribution in [0.5, 0.6) is 11.5 Å². The van der Waals surface area contributed by atoms with E-state index in [1.165, 1.54) is 24.4 Å². The third-order valence-corrected chi connectivity index (χ3v) is 5.30. The van der Waals surface area contributed by atoms with Crippen molar-refractivity contribution in [3.8, 4) is 11.5 Å². The highest BCUT2D eigenvalue weighted by Gasteiger charge is 2.14. The van der Waals surface area contributed by atoms with Gasteiger partial charge in [-0.3, -0.25) is 14.9 Å². The Labute approximate surface area is 182 Å². The first kappa shape index (κ1) is 20.7. The Hall–Kier alpha value is -3.06. The number of anilines is 1. The highest BCUT2D eigenvalue weighted by Crippen LogP contribution is 2.24. The van der Waals surface area contributed by atoms with Crippen molar-refractivity contribution in [3.05, 3.63) is 62.2 Å². The molecule has 0 saturated heterocycles. The lowest BCUT2D eigenvalue weighted by Gasteiger charge is -2.02. The summed E-state index contributed by atoms with van der Waals surface area (Å²) in [6, 6.07) is 11.3. The zero-order valence-corrected chi connectivity index (χ0v) is 17.6. The van der Waals surface area contributed by atoms with Crippen LogP contribution in [0.1, 0.15) is 20.9 Å². The second kappa shape index (κ2) is 9.43. The number of aromatic hydroxyl groups is 2. The molecule has 0 aliphatic carbocycles. The molecular formula is C18H14IN5O4S. The van der Waals surface area contributed by atoms with Crippen molar-refractivity contribution in [1.29, 1.82) is 0 Å². The van der Waals surface area contributed by atoms with E-state index in [0.717, 1.165) is 14.9 Å². The van der Waals surface area contributed by atoms with Crippen LogP contribution in [0.4, 0.5) is 5.13 Å². The van der Waals surface area contributed by atoms with Gasteiger partial charge in [-0.25, -0.2) is 5.43 Å². The molecule has 0 spiro atoms. The van der Waals surface area contributed by atoms with Crippen molar-refractivity contribution in [2.75, 3.05) is 5.32 Å². The number of amides is 2. The Morgan fingerprint density at radius 3 is 2.69 bits per heavy atom. The molecule has 0 bridgehead atoms. The van der Waals surface area contributed by atoms with Crippen LogP contribution in [0.25, 0.3) is 0 Å². The van der Waals surface area contributed by atoms with E-state index < -0.39 is 5.91 Å². The molecule has 2 aromatic carbocycles. The van der Waals surface area contributed by atoms with Gasteiger partial charge in [-0.2, -0.15) is 5.10 Å². The minimum atomic E-state index is -0.420. The highest BCUT2D eigenvalue weighted by atomic mass is 127. The molecule has 29 heavy (non-hydrogen) atoms. The monoisotopic (exact) mass is 523 g/mol. The van der Waals surface area contributed by atoms with Crippen LogP contribution in [-0.4, -0.2) is 38.4 Å². The van der Waals surface area contributed by atoms with Gasteiger partial charge in [0.15, 0.2) is 11.5 Å². The molecule has 148 valence electrons. The van der Waals surface area contributed by atoms with Gasteiger partial charge in [-0.1, -0.05) is 23.5 Å². The number of hydrogen-bond donors (Lipinski definition) is 4. The number of hydrogen-bond acceptors (Lipinski definition) is 8. The number of nitrogens with zero attached hydrogens (tertiary/aromatic N) is 3. The molecule has 1 heterocycles. The zero-order chi connectivity index (χ0) is 20.8. The molecule has 3 rings (SSSR count). The first-order valence-corrected chi connectivity index (χ1v) is 10.0. The van der Waals surface area contributed by atoms with Crippen LogP contribution in [0.15, 0.2) is 47.6 Å². The zero-order valence-electron chi connectivity index (χ0n) is 14.7. The standard InChI is InChI=1S/C18H14IN5O4S/c19-12-4-2-1-3-11(12)17(28)21-18-24-23-16(29-18)8-15(27)22-20-9-10-5-6-13(25)14(26)7-10/h1-7,9,25-26H,8H2,(H,22,27)(H,21,24,28)/b20-9-. The molecule has 4 N–H and O–H groups in total. The Kier molecular flexibility index (Phi) is 6.72. The molecule has 0 saturated carbocycles. The molecule has 0 aliphatic rings. The minimum Gasteiger partial charge on any atom is -0.504 e. The van der Waals surface area contributed by atoms with Crippen molar-refractivity contribution in [2.24, 2.45) is 5.10 Å². The number of nitrogens with one attached hydrogen (secondary N) is 2. The molecule has 0 aliphatic heterocycles. The van der Waals surface area contributed by atoms with Crippen LogP contribution in [0, 0.1) is 3.57 Å². The summed E-state index contributed by atoms with van der Waals surface area (Å²) in [4.78, 5) is 24.2. The molecule has 0 atom stereocenters. The lowest BCUT2D eigenvalue weighted by Crippen LogP contribution is -2.19. The van der Waals surface area contributed by atoms with Crippen LogP contribution < -0.4 is 10.7 Å². The summed E-state index contributed by atoms with van der Waals surface area (Å²) in [7, 11) is 0. The molecule has 11 heteroatoms. The maximum Gasteiger partial charge on any atom is 0.258 e. The number of hydrazone groups is 1. The Morgan fingerprint density at radius 2 is 1.93 bits per heavy atom. The quantitative estimate of drug-likeness (QED) is 0.170. The normalized spacial score (nSPS) is 10.8. The van der Waals surface area contributed by atoms with E-state index in [2.05, 4.69) is 48.6 Å². The first-order chi connectivity index (χ1) is 13.9. The third-order valence-electron chi connectivity index (χ3n) is 3.52. The number of carbonyl (C=O) groups is 2. The fourth-order valence-corrected chi connectivity index (χ4v) is 3.53. The average molecular weight is 523 g/mol. The van der Waals surface area contributed by atoms with Crippen molar-refractivity contribution in [1.82, 2.24) is 15.6 Å². The van der Waals surface area contributed by atoms with E-state index in [1.54, 1.807) is 12.1 Å². The van der Waals surface area contributed by atoms with Crippen LogP contribution in [-0.2, 0) is 11.2 Å².